The third-order valence-corrected chi connectivity index (χ3v) is 5.68. The first-order valence-corrected chi connectivity index (χ1v) is 10.0. The topological polar surface area (TPSA) is 63.7 Å². The zero-order valence-corrected chi connectivity index (χ0v) is 16.1. The van der Waals surface area contributed by atoms with Gasteiger partial charge in [-0.05, 0) is 24.3 Å². The molecular formula is C23H23N3O3. The smallest absolute Gasteiger partial charge is 0.257 e. The second-order valence-electron chi connectivity index (χ2n) is 7.48. The van der Waals surface area contributed by atoms with Crippen molar-refractivity contribution in [3.63, 3.8) is 0 Å². The van der Waals surface area contributed by atoms with E-state index in [0.29, 0.717) is 24.5 Å². The molecule has 1 N–H and O–H groups in total. The highest BCUT2D eigenvalue weighted by molar-refractivity contribution is 6.08. The Morgan fingerprint density at radius 3 is 2.55 bits per heavy atom. The molecule has 3 heterocycles. The number of rotatable bonds is 3. The molecule has 29 heavy (non-hydrogen) atoms. The van der Waals surface area contributed by atoms with Crippen molar-refractivity contribution >= 4 is 28.2 Å². The monoisotopic (exact) mass is 389 g/mol. The Balaban J connectivity index is 1.35. The number of fused-ring (bicyclic) bond motifs is 1. The third kappa shape index (κ3) is 3.57. The predicted octanol–water partition coefficient (Wildman–Crippen LogP) is 3.83. The molecule has 1 spiro atoms. The summed E-state index contributed by atoms with van der Waals surface area (Å²) in [5, 5.41) is 4.00. The van der Waals surface area contributed by atoms with Crippen molar-refractivity contribution in [2.45, 2.75) is 18.6 Å². The number of piperidine rings is 1. The number of amides is 1. The van der Waals surface area contributed by atoms with Crippen LogP contribution in [0, 0.1) is 0 Å². The number of anilines is 2. The van der Waals surface area contributed by atoms with Gasteiger partial charge in [0.2, 0.25) is 0 Å². The molecule has 0 unspecified atom stereocenters. The lowest BCUT2D eigenvalue weighted by atomic mass is 10.0. The van der Waals surface area contributed by atoms with Crippen LogP contribution in [-0.2, 0) is 9.47 Å². The van der Waals surface area contributed by atoms with E-state index in [1.807, 2.05) is 54.6 Å². The molecule has 6 nitrogen and oxygen atoms in total. The maximum absolute atomic E-state index is 13.0. The van der Waals surface area contributed by atoms with Crippen LogP contribution in [0.25, 0.3) is 10.9 Å². The molecule has 0 aliphatic carbocycles. The lowest BCUT2D eigenvalue weighted by Crippen LogP contribution is -2.45. The van der Waals surface area contributed by atoms with Gasteiger partial charge in [0.1, 0.15) is 0 Å². The quantitative estimate of drug-likeness (QED) is 0.738. The van der Waals surface area contributed by atoms with Crippen LogP contribution in [0.3, 0.4) is 0 Å². The SMILES string of the molecule is O=C(Nc1cnc2ccccc2c1)c1ccccc1N1CCC2(CC1)OCCO2. The minimum atomic E-state index is -0.426. The number of carbonyl (C=O) groups excluding carboxylic acids is 1. The number of nitrogens with one attached hydrogen (secondary N) is 1. The van der Waals surface area contributed by atoms with E-state index in [-0.39, 0.29) is 5.91 Å². The van der Waals surface area contributed by atoms with Gasteiger partial charge in [-0.15, -0.1) is 0 Å². The Morgan fingerprint density at radius 1 is 1.00 bits per heavy atom. The van der Waals surface area contributed by atoms with Gasteiger partial charge < -0.3 is 19.7 Å². The van der Waals surface area contributed by atoms with Gasteiger partial charge in [0.05, 0.1) is 36.2 Å². The lowest BCUT2D eigenvalue weighted by molar-refractivity contribution is -0.169. The van der Waals surface area contributed by atoms with Crippen molar-refractivity contribution < 1.29 is 14.3 Å². The average molecular weight is 389 g/mol. The van der Waals surface area contributed by atoms with Crippen molar-refractivity contribution in [1.29, 1.82) is 0 Å². The maximum atomic E-state index is 13.0. The van der Waals surface area contributed by atoms with E-state index in [0.717, 1.165) is 42.5 Å². The first-order valence-electron chi connectivity index (χ1n) is 10.0. The van der Waals surface area contributed by atoms with Gasteiger partial charge in [-0.2, -0.15) is 0 Å². The summed E-state index contributed by atoms with van der Waals surface area (Å²) in [6, 6.07) is 17.5. The molecule has 0 saturated carbocycles. The summed E-state index contributed by atoms with van der Waals surface area (Å²) < 4.78 is 11.6. The summed E-state index contributed by atoms with van der Waals surface area (Å²) in [6.07, 6.45) is 3.30. The lowest BCUT2D eigenvalue weighted by Gasteiger charge is -2.39. The zero-order chi connectivity index (χ0) is 19.7. The molecule has 0 bridgehead atoms. The Bertz CT molecular complexity index is 1040. The molecule has 2 saturated heterocycles. The van der Waals surface area contributed by atoms with E-state index in [1.165, 1.54) is 0 Å². The van der Waals surface area contributed by atoms with Gasteiger partial charge in [0, 0.05) is 37.0 Å². The number of para-hydroxylation sites is 2. The third-order valence-electron chi connectivity index (χ3n) is 5.68. The molecule has 2 fully saturated rings. The minimum Gasteiger partial charge on any atom is -0.370 e. The highest BCUT2D eigenvalue weighted by Crippen LogP contribution is 2.34. The van der Waals surface area contributed by atoms with Crippen molar-refractivity contribution in [2.24, 2.45) is 0 Å². The summed E-state index contributed by atoms with van der Waals surface area (Å²) in [5.41, 5.74) is 3.19. The van der Waals surface area contributed by atoms with Crippen LogP contribution in [0.5, 0.6) is 0 Å². The van der Waals surface area contributed by atoms with Crippen molar-refractivity contribution in [2.75, 3.05) is 36.5 Å². The summed E-state index contributed by atoms with van der Waals surface area (Å²) in [4.78, 5) is 19.7. The highest BCUT2D eigenvalue weighted by atomic mass is 16.7. The first kappa shape index (κ1) is 18.1. The van der Waals surface area contributed by atoms with Crippen LogP contribution in [0.2, 0.25) is 0 Å². The van der Waals surface area contributed by atoms with E-state index in [4.69, 9.17) is 9.47 Å². The average Bonchev–Trinajstić information content (AvgIpc) is 3.22. The Kier molecular flexibility index (Phi) is 4.66. The first-order chi connectivity index (χ1) is 14.2. The second-order valence-corrected chi connectivity index (χ2v) is 7.48. The number of benzene rings is 2. The maximum Gasteiger partial charge on any atom is 0.257 e. The molecule has 3 aromatic rings. The molecule has 2 aromatic carbocycles. The van der Waals surface area contributed by atoms with E-state index in [2.05, 4.69) is 15.2 Å². The fraction of sp³-hybridized carbons (Fsp3) is 0.304. The van der Waals surface area contributed by atoms with E-state index >= 15 is 0 Å². The van der Waals surface area contributed by atoms with E-state index in [9.17, 15) is 4.79 Å². The van der Waals surface area contributed by atoms with Crippen LogP contribution >= 0.6 is 0 Å². The van der Waals surface area contributed by atoms with E-state index < -0.39 is 5.79 Å². The van der Waals surface area contributed by atoms with Crippen LogP contribution in [0.15, 0.2) is 60.8 Å². The number of hydrogen-bond donors (Lipinski definition) is 1. The number of pyridine rings is 1. The molecule has 2 aliphatic heterocycles. The van der Waals surface area contributed by atoms with E-state index in [1.54, 1.807) is 6.20 Å². The van der Waals surface area contributed by atoms with Crippen molar-refractivity contribution in [3.8, 4) is 0 Å². The number of hydrogen-bond acceptors (Lipinski definition) is 5. The molecule has 1 aromatic heterocycles. The van der Waals surface area contributed by atoms with Gasteiger partial charge in [-0.1, -0.05) is 30.3 Å². The Hall–Kier alpha value is -2.96. The van der Waals surface area contributed by atoms with Crippen molar-refractivity contribution in [3.05, 3.63) is 66.4 Å². The Morgan fingerprint density at radius 2 is 1.72 bits per heavy atom. The van der Waals surface area contributed by atoms with Gasteiger partial charge >= 0.3 is 0 Å². The van der Waals surface area contributed by atoms with Gasteiger partial charge in [-0.25, -0.2) is 0 Å². The minimum absolute atomic E-state index is 0.133. The molecule has 2 aliphatic rings. The van der Waals surface area contributed by atoms with Gasteiger partial charge in [-0.3, -0.25) is 9.78 Å². The van der Waals surface area contributed by atoms with Gasteiger partial charge in [0.15, 0.2) is 5.79 Å². The second kappa shape index (κ2) is 7.46. The number of nitrogens with zero attached hydrogens (tertiary/aromatic N) is 2. The standard InChI is InChI=1S/C23H23N3O3/c27-22(25-18-15-17-5-1-3-7-20(17)24-16-18)19-6-2-4-8-21(19)26-11-9-23(10-12-26)28-13-14-29-23/h1-8,15-16H,9-14H2,(H,25,27). The normalized spacial score (nSPS) is 18.3. The molecule has 5 rings (SSSR count). The zero-order valence-electron chi connectivity index (χ0n) is 16.1. The molecule has 0 atom stereocenters. The van der Waals surface area contributed by atoms with Crippen LogP contribution in [0.4, 0.5) is 11.4 Å². The largest absolute Gasteiger partial charge is 0.370 e. The summed E-state index contributed by atoms with van der Waals surface area (Å²) in [7, 11) is 0. The molecule has 1 amide bonds. The summed E-state index contributed by atoms with van der Waals surface area (Å²) >= 11 is 0. The number of ether oxygens (including phenoxy) is 2. The molecular weight excluding hydrogens is 366 g/mol. The fourth-order valence-corrected chi connectivity index (χ4v) is 4.15. The molecule has 6 heteroatoms. The molecule has 0 radical (unpaired) electrons. The summed E-state index contributed by atoms with van der Waals surface area (Å²) in [5.74, 6) is -0.559. The summed E-state index contributed by atoms with van der Waals surface area (Å²) in [6.45, 7) is 2.92. The van der Waals surface area contributed by atoms with Crippen LogP contribution in [-0.4, -0.2) is 43.0 Å². The number of carbonyl (C=O) groups is 1. The van der Waals surface area contributed by atoms with Crippen LogP contribution in [0.1, 0.15) is 23.2 Å². The highest BCUT2D eigenvalue weighted by Gasteiger charge is 2.40. The fourth-order valence-electron chi connectivity index (χ4n) is 4.15. The molecule has 148 valence electrons. The Labute approximate surface area is 169 Å². The predicted molar refractivity (Wildman–Crippen MR) is 112 cm³/mol. The van der Waals surface area contributed by atoms with Crippen molar-refractivity contribution in [1.82, 2.24) is 4.98 Å². The number of aromatic nitrogens is 1. The van der Waals surface area contributed by atoms with Crippen LogP contribution < -0.4 is 10.2 Å². The van der Waals surface area contributed by atoms with Gasteiger partial charge in [0.25, 0.3) is 5.91 Å².